The largest absolute Gasteiger partial charge is 0.497 e. The fraction of sp³-hybridized carbons (Fsp3) is 0.318. The Labute approximate surface area is 170 Å². The van der Waals surface area contributed by atoms with E-state index in [0.29, 0.717) is 25.1 Å². The maximum atomic E-state index is 12.3. The molecule has 3 amide bonds. The molecule has 7 heteroatoms. The lowest BCUT2D eigenvalue weighted by molar-refractivity contribution is -0.129. The number of methoxy groups -OCH3 is 1. The number of amides is 3. The van der Waals surface area contributed by atoms with Crippen molar-refractivity contribution in [2.24, 2.45) is 0 Å². The molecule has 0 saturated carbocycles. The smallest absolute Gasteiger partial charge is 0.251 e. The summed E-state index contributed by atoms with van der Waals surface area (Å²) in [6.45, 7) is 1.06. The van der Waals surface area contributed by atoms with E-state index in [-0.39, 0.29) is 24.3 Å². The minimum Gasteiger partial charge on any atom is -0.497 e. The van der Waals surface area contributed by atoms with Crippen LogP contribution < -0.4 is 15.0 Å². The first-order valence-electron chi connectivity index (χ1n) is 9.53. The highest BCUT2D eigenvalue weighted by Gasteiger charge is 2.21. The van der Waals surface area contributed by atoms with Crippen LogP contribution in [-0.2, 0) is 16.1 Å². The maximum Gasteiger partial charge on any atom is 0.251 e. The molecule has 7 nitrogen and oxygen atoms in total. The van der Waals surface area contributed by atoms with Crippen molar-refractivity contribution in [2.75, 3.05) is 32.1 Å². The Bertz CT molecular complexity index is 878. The van der Waals surface area contributed by atoms with Gasteiger partial charge in [0.2, 0.25) is 11.8 Å². The molecular weight excluding hydrogens is 370 g/mol. The maximum absolute atomic E-state index is 12.3. The highest BCUT2D eigenvalue weighted by Crippen LogP contribution is 2.21. The molecule has 1 fully saturated rings. The lowest BCUT2D eigenvalue weighted by Crippen LogP contribution is -2.37. The summed E-state index contributed by atoms with van der Waals surface area (Å²) in [6.07, 6.45) is 1.42. The molecule has 1 heterocycles. The second-order valence-electron chi connectivity index (χ2n) is 6.98. The van der Waals surface area contributed by atoms with Crippen LogP contribution in [0.25, 0.3) is 0 Å². The first-order chi connectivity index (χ1) is 14.0. The molecule has 0 aromatic heterocycles. The van der Waals surface area contributed by atoms with Crippen LogP contribution in [0.5, 0.6) is 5.75 Å². The summed E-state index contributed by atoms with van der Waals surface area (Å²) in [5, 5.41) is 2.65. The van der Waals surface area contributed by atoms with Crippen LogP contribution in [0.2, 0.25) is 0 Å². The van der Waals surface area contributed by atoms with Crippen LogP contribution in [0.15, 0.2) is 48.5 Å². The summed E-state index contributed by atoms with van der Waals surface area (Å²) in [5.74, 6) is 0.353. The highest BCUT2D eigenvalue weighted by molar-refractivity contribution is 5.98. The SMILES string of the molecule is COc1ccc(CN(C)C(=O)CNC(=O)c2ccc(N3CCCC3=O)cc2)cc1. The lowest BCUT2D eigenvalue weighted by Gasteiger charge is -2.18. The standard InChI is InChI=1S/C22H25N3O4/c1-24(15-16-5-11-19(29-2)12-6-16)21(27)14-23-22(28)17-7-9-18(10-8-17)25-13-3-4-20(25)26/h5-12H,3-4,13-15H2,1-2H3,(H,23,28). The predicted octanol–water partition coefficient (Wildman–Crippen LogP) is 2.21. The molecule has 1 saturated heterocycles. The van der Waals surface area contributed by atoms with Gasteiger partial charge in [0.25, 0.3) is 5.91 Å². The van der Waals surface area contributed by atoms with Crippen molar-refractivity contribution in [1.29, 1.82) is 0 Å². The van der Waals surface area contributed by atoms with Crippen molar-refractivity contribution in [3.05, 3.63) is 59.7 Å². The normalized spacial score (nSPS) is 13.3. The zero-order valence-electron chi connectivity index (χ0n) is 16.7. The van der Waals surface area contributed by atoms with Crippen LogP contribution in [0.1, 0.15) is 28.8 Å². The Balaban J connectivity index is 1.49. The molecular formula is C22H25N3O4. The van der Waals surface area contributed by atoms with E-state index in [0.717, 1.165) is 23.4 Å². The third-order valence-electron chi connectivity index (χ3n) is 4.92. The minimum atomic E-state index is -0.324. The van der Waals surface area contributed by atoms with Crippen molar-refractivity contribution in [3.63, 3.8) is 0 Å². The third kappa shape index (κ3) is 5.13. The molecule has 0 spiro atoms. The molecule has 29 heavy (non-hydrogen) atoms. The molecule has 0 radical (unpaired) electrons. The molecule has 0 unspecified atom stereocenters. The van der Waals surface area contributed by atoms with Gasteiger partial charge in [-0.1, -0.05) is 12.1 Å². The number of nitrogens with zero attached hydrogens (tertiary/aromatic N) is 2. The number of nitrogens with one attached hydrogen (secondary N) is 1. The fourth-order valence-corrected chi connectivity index (χ4v) is 3.20. The van der Waals surface area contributed by atoms with Crippen LogP contribution in [0, 0.1) is 0 Å². The van der Waals surface area contributed by atoms with E-state index in [1.807, 2.05) is 24.3 Å². The molecule has 0 aliphatic carbocycles. The van der Waals surface area contributed by atoms with Crippen molar-refractivity contribution in [3.8, 4) is 5.75 Å². The van der Waals surface area contributed by atoms with Gasteiger partial charge < -0.3 is 19.9 Å². The number of rotatable bonds is 7. The number of carbonyl (C=O) groups excluding carboxylic acids is 3. The summed E-state index contributed by atoms with van der Waals surface area (Å²) >= 11 is 0. The van der Waals surface area contributed by atoms with E-state index in [2.05, 4.69) is 5.32 Å². The summed E-state index contributed by atoms with van der Waals surface area (Å²) in [5.41, 5.74) is 2.21. The monoisotopic (exact) mass is 395 g/mol. The molecule has 1 aliphatic heterocycles. The van der Waals surface area contributed by atoms with Gasteiger partial charge in [-0.05, 0) is 48.4 Å². The molecule has 3 rings (SSSR count). The van der Waals surface area contributed by atoms with E-state index >= 15 is 0 Å². The Hall–Kier alpha value is -3.35. The van der Waals surface area contributed by atoms with Crippen molar-refractivity contribution >= 4 is 23.4 Å². The average molecular weight is 395 g/mol. The number of hydrogen-bond donors (Lipinski definition) is 1. The summed E-state index contributed by atoms with van der Waals surface area (Å²) < 4.78 is 5.12. The second-order valence-corrected chi connectivity index (χ2v) is 6.98. The van der Waals surface area contributed by atoms with Crippen LogP contribution in [0.3, 0.4) is 0 Å². The molecule has 152 valence electrons. The van der Waals surface area contributed by atoms with Gasteiger partial charge >= 0.3 is 0 Å². The number of hydrogen-bond acceptors (Lipinski definition) is 4. The molecule has 2 aromatic rings. The first-order valence-corrected chi connectivity index (χ1v) is 9.53. The molecule has 2 aromatic carbocycles. The summed E-state index contributed by atoms with van der Waals surface area (Å²) in [6, 6.07) is 14.3. The van der Waals surface area contributed by atoms with Gasteiger partial charge in [-0.25, -0.2) is 0 Å². The van der Waals surface area contributed by atoms with Crippen LogP contribution in [0.4, 0.5) is 5.69 Å². The van der Waals surface area contributed by atoms with E-state index in [9.17, 15) is 14.4 Å². The van der Waals surface area contributed by atoms with E-state index in [1.54, 1.807) is 48.2 Å². The number of carbonyl (C=O) groups is 3. The number of likely N-dealkylation sites (N-methyl/N-ethyl adjacent to an activating group) is 1. The topological polar surface area (TPSA) is 79.0 Å². The summed E-state index contributed by atoms with van der Waals surface area (Å²) in [4.78, 5) is 39.7. The molecule has 0 bridgehead atoms. The Morgan fingerprint density at radius 3 is 2.38 bits per heavy atom. The van der Waals surface area contributed by atoms with Crippen molar-refractivity contribution in [1.82, 2.24) is 10.2 Å². The van der Waals surface area contributed by atoms with Crippen molar-refractivity contribution in [2.45, 2.75) is 19.4 Å². The number of benzene rings is 2. The van der Waals surface area contributed by atoms with Gasteiger partial charge in [-0.2, -0.15) is 0 Å². The zero-order chi connectivity index (χ0) is 20.8. The van der Waals surface area contributed by atoms with E-state index < -0.39 is 0 Å². The third-order valence-corrected chi connectivity index (χ3v) is 4.92. The number of anilines is 1. The quantitative estimate of drug-likeness (QED) is 0.780. The lowest BCUT2D eigenvalue weighted by atomic mass is 10.2. The van der Waals surface area contributed by atoms with Gasteiger partial charge in [0, 0.05) is 37.8 Å². The van der Waals surface area contributed by atoms with Gasteiger partial charge in [-0.15, -0.1) is 0 Å². The summed E-state index contributed by atoms with van der Waals surface area (Å²) in [7, 11) is 3.30. The Morgan fingerprint density at radius 1 is 1.10 bits per heavy atom. The minimum absolute atomic E-state index is 0.0855. The van der Waals surface area contributed by atoms with Crippen molar-refractivity contribution < 1.29 is 19.1 Å². The fourth-order valence-electron chi connectivity index (χ4n) is 3.20. The Morgan fingerprint density at radius 2 is 1.79 bits per heavy atom. The van der Waals surface area contributed by atoms with Gasteiger partial charge in [0.15, 0.2) is 0 Å². The average Bonchev–Trinajstić information content (AvgIpc) is 3.18. The molecule has 0 atom stereocenters. The van der Waals surface area contributed by atoms with E-state index in [1.165, 1.54) is 0 Å². The zero-order valence-corrected chi connectivity index (χ0v) is 16.7. The van der Waals surface area contributed by atoms with Gasteiger partial charge in [0.05, 0.1) is 13.7 Å². The van der Waals surface area contributed by atoms with Gasteiger partial charge in [-0.3, -0.25) is 14.4 Å². The van der Waals surface area contributed by atoms with E-state index in [4.69, 9.17) is 4.74 Å². The molecule has 1 N–H and O–H groups in total. The predicted molar refractivity (Wildman–Crippen MR) is 110 cm³/mol. The highest BCUT2D eigenvalue weighted by atomic mass is 16.5. The van der Waals surface area contributed by atoms with Crippen LogP contribution >= 0.6 is 0 Å². The molecule has 1 aliphatic rings. The first kappa shape index (κ1) is 20.4. The second kappa shape index (κ2) is 9.23. The number of ether oxygens (including phenoxy) is 1. The van der Waals surface area contributed by atoms with Gasteiger partial charge in [0.1, 0.15) is 5.75 Å². The Kier molecular flexibility index (Phi) is 6.49. The van der Waals surface area contributed by atoms with Crippen LogP contribution in [-0.4, -0.2) is 49.9 Å².